The van der Waals surface area contributed by atoms with Crippen LogP contribution in [0.4, 0.5) is 16.5 Å². The van der Waals surface area contributed by atoms with E-state index in [0.717, 1.165) is 10.6 Å². The molecule has 0 saturated heterocycles. The van der Waals surface area contributed by atoms with Gasteiger partial charge in [-0.15, -0.1) is 0 Å². The van der Waals surface area contributed by atoms with Crippen LogP contribution in [0.15, 0.2) is 48.5 Å². The van der Waals surface area contributed by atoms with Gasteiger partial charge in [-0.25, -0.2) is 4.98 Å². The van der Waals surface area contributed by atoms with Gasteiger partial charge in [-0.3, -0.25) is 0 Å². The smallest absolute Gasteiger partial charge is 0.398 e. The minimum atomic E-state index is 1.01. The van der Waals surface area contributed by atoms with E-state index in [0.29, 0.717) is 0 Å². The first kappa shape index (κ1) is 10.9. The molecule has 91 valence electrons. The lowest BCUT2D eigenvalue weighted by atomic mass is 10.1. The molecule has 0 bridgehead atoms. The molecule has 4 rings (SSSR count). The Labute approximate surface area is 116 Å². The highest BCUT2D eigenvalue weighted by molar-refractivity contribution is 7.22. The summed E-state index contributed by atoms with van der Waals surface area (Å²) in [7, 11) is 4.15. The van der Waals surface area contributed by atoms with Gasteiger partial charge in [0.25, 0.3) is 0 Å². The third kappa shape index (κ3) is 1.62. The molecule has 0 amide bonds. The molecule has 0 saturated carbocycles. The van der Waals surface area contributed by atoms with E-state index in [2.05, 4.69) is 66.7 Å². The zero-order chi connectivity index (χ0) is 12.8. The predicted molar refractivity (Wildman–Crippen MR) is 82.4 cm³/mol. The lowest BCUT2D eigenvalue weighted by Crippen LogP contribution is -2.28. The molecule has 1 aromatic heterocycles. The van der Waals surface area contributed by atoms with E-state index in [4.69, 9.17) is 4.98 Å². The van der Waals surface area contributed by atoms with Crippen LogP contribution in [-0.4, -0.2) is 19.6 Å². The van der Waals surface area contributed by atoms with E-state index in [1.54, 1.807) is 11.3 Å². The number of para-hydroxylation sites is 3. The van der Waals surface area contributed by atoms with Gasteiger partial charge in [-0.2, -0.15) is 0 Å². The summed E-state index contributed by atoms with van der Waals surface area (Å²) in [5.41, 5.74) is 3.45. The Morgan fingerprint density at radius 3 is 2.58 bits per heavy atom. The molecule has 2 heterocycles. The van der Waals surface area contributed by atoms with Gasteiger partial charge in [-0.1, -0.05) is 35.6 Å². The van der Waals surface area contributed by atoms with E-state index < -0.39 is 0 Å². The summed E-state index contributed by atoms with van der Waals surface area (Å²) in [5.74, 6) is 0. The Balaban J connectivity index is 1.85. The standard InChI is InChI=1S/C14H11BN3S/c1-17-11-7-3-4-8-12(11)18(15-17)14-16-10-6-2-5-9-13(10)19-14/h2-9H,1H3. The summed E-state index contributed by atoms with van der Waals surface area (Å²) in [5, 5.41) is 1.01. The number of fused-ring (bicyclic) bond motifs is 2. The highest BCUT2D eigenvalue weighted by Crippen LogP contribution is 2.40. The van der Waals surface area contributed by atoms with E-state index in [1.165, 1.54) is 16.1 Å². The first-order chi connectivity index (χ1) is 9.33. The van der Waals surface area contributed by atoms with Crippen molar-refractivity contribution in [2.75, 3.05) is 16.7 Å². The van der Waals surface area contributed by atoms with Gasteiger partial charge in [0, 0.05) is 5.69 Å². The van der Waals surface area contributed by atoms with Crippen LogP contribution in [-0.2, 0) is 0 Å². The molecule has 0 atom stereocenters. The Morgan fingerprint density at radius 2 is 1.74 bits per heavy atom. The molecular weight excluding hydrogens is 253 g/mol. The molecule has 3 nitrogen and oxygen atoms in total. The minimum Gasteiger partial charge on any atom is -0.400 e. The van der Waals surface area contributed by atoms with Gasteiger partial charge in [0.05, 0.1) is 15.9 Å². The number of rotatable bonds is 1. The summed E-state index contributed by atoms with van der Waals surface area (Å²) >= 11 is 1.72. The van der Waals surface area contributed by atoms with Crippen LogP contribution < -0.4 is 9.62 Å². The third-order valence-electron chi connectivity index (χ3n) is 3.30. The maximum Gasteiger partial charge on any atom is 0.398 e. The summed E-state index contributed by atoms with van der Waals surface area (Å²) < 4.78 is 1.22. The van der Waals surface area contributed by atoms with Crippen molar-refractivity contribution in [1.29, 1.82) is 0 Å². The van der Waals surface area contributed by atoms with E-state index >= 15 is 0 Å². The summed E-state index contributed by atoms with van der Waals surface area (Å²) in [6, 6.07) is 16.6. The van der Waals surface area contributed by atoms with Crippen molar-refractivity contribution in [2.45, 2.75) is 0 Å². The number of hydrogen-bond acceptors (Lipinski definition) is 4. The van der Waals surface area contributed by atoms with Gasteiger partial charge < -0.3 is 9.62 Å². The SMILES string of the molecule is CN1[B]N(c2nc3ccccc3s2)c2ccccc21. The summed E-state index contributed by atoms with van der Waals surface area (Å²) in [6.45, 7) is 0. The number of thiazole rings is 1. The molecule has 5 heteroatoms. The average Bonchev–Trinajstić information content (AvgIpc) is 3.01. The number of nitrogens with zero attached hydrogens (tertiary/aromatic N) is 3. The zero-order valence-electron chi connectivity index (χ0n) is 10.4. The molecule has 0 fully saturated rings. The largest absolute Gasteiger partial charge is 0.400 e. The van der Waals surface area contributed by atoms with Crippen LogP contribution in [0.3, 0.4) is 0 Å². The number of anilines is 3. The number of hydrogen-bond donors (Lipinski definition) is 0. The van der Waals surface area contributed by atoms with Crippen molar-refractivity contribution in [1.82, 2.24) is 4.98 Å². The second kappa shape index (κ2) is 4.00. The molecule has 0 spiro atoms. The number of benzene rings is 2. The van der Waals surface area contributed by atoms with Gasteiger partial charge in [0.15, 0.2) is 5.13 Å². The van der Waals surface area contributed by atoms with Crippen LogP contribution in [0.5, 0.6) is 0 Å². The van der Waals surface area contributed by atoms with Crippen molar-refractivity contribution in [3.63, 3.8) is 0 Å². The molecule has 0 N–H and O–H groups in total. The molecule has 2 aromatic carbocycles. The quantitative estimate of drug-likeness (QED) is 0.628. The molecule has 19 heavy (non-hydrogen) atoms. The van der Waals surface area contributed by atoms with Crippen molar-refractivity contribution in [2.24, 2.45) is 0 Å². The molecule has 1 radical (unpaired) electrons. The topological polar surface area (TPSA) is 19.4 Å². The van der Waals surface area contributed by atoms with Crippen molar-refractivity contribution >= 4 is 45.6 Å². The lowest BCUT2D eigenvalue weighted by Gasteiger charge is -2.13. The van der Waals surface area contributed by atoms with E-state index in [1.807, 2.05) is 6.07 Å². The Kier molecular flexibility index (Phi) is 2.29. The Morgan fingerprint density at radius 1 is 1.00 bits per heavy atom. The first-order valence-electron chi connectivity index (χ1n) is 6.14. The van der Waals surface area contributed by atoms with Crippen molar-refractivity contribution in [3.05, 3.63) is 48.5 Å². The minimum absolute atomic E-state index is 1.01. The van der Waals surface area contributed by atoms with Gasteiger partial charge in [-0.05, 0) is 31.3 Å². The second-order valence-corrected chi connectivity index (χ2v) is 5.56. The maximum absolute atomic E-state index is 4.71. The van der Waals surface area contributed by atoms with Crippen molar-refractivity contribution < 1.29 is 0 Å². The second-order valence-electron chi connectivity index (χ2n) is 4.55. The summed E-state index contributed by atoms with van der Waals surface area (Å²) in [6.07, 6.45) is 0. The van der Waals surface area contributed by atoms with Crippen LogP contribution in [0.1, 0.15) is 0 Å². The van der Waals surface area contributed by atoms with Gasteiger partial charge in [0.1, 0.15) is 0 Å². The zero-order valence-corrected chi connectivity index (χ0v) is 11.3. The Bertz CT molecular complexity index is 722. The Hall–Kier alpha value is -2.01. The van der Waals surface area contributed by atoms with Crippen LogP contribution in [0, 0.1) is 0 Å². The van der Waals surface area contributed by atoms with Gasteiger partial charge >= 0.3 is 7.55 Å². The highest BCUT2D eigenvalue weighted by atomic mass is 32.1. The normalized spacial score (nSPS) is 13.7. The maximum atomic E-state index is 4.71. The molecular formula is C14H11BN3S. The fourth-order valence-corrected chi connectivity index (χ4v) is 3.33. The van der Waals surface area contributed by atoms with Crippen LogP contribution in [0.25, 0.3) is 10.2 Å². The van der Waals surface area contributed by atoms with Crippen molar-refractivity contribution in [3.8, 4) is 0 Å². The lowest BCUT2D eigenvalue weighted by molar-refractivity contribution is 1.35. The molecule has 0 aliphatic carbocycles. The third-order valence-corrected chi connectivity index (χ3v) is 4.33. The predicted octanol–water partition coefficient (Wildman–Crippen LogP) is 3.42. The summed E-state index contributed by atoms with van der Waals surface area (Å²) in [4.78, 5) is 8.99. The molecule has 1 aliphatic rings. The average molecular weight is 264 g/mol. The van der Waals surface area contributed by atoms with Gasteiger partial charge in [0.2, 0.25) is 0 Å². The molecule has 0 unspecified atom stereocenters. The first-order valence-corrected chi connectivity index (χ1v) is 6.96. The molecule has 3 aromatic rings. The fourth-order valence-electron chi connectivity index (χ4n) is 2.38. The van der Waals surface area contributed by atoms with E-state index in [-0.39, 0.29) is 0 Å². The van der Waals surface area contributed by atoms with E-state index in [9.17, 15) is 0 Å². The monoisotopic (exact) mass is 264 g/mol. The van der Waals surface area contributed by atoms with Crippen LogP contribution >= 0.6 is 11.3 Å². The highest BCUT2D eigenvalue weighted by Gasteiger charge is 2.28. The van der Waals surface area contributed by atoms with Crippen LogP contribution in [0.2, 0.25) is 0 Å². The number of aromatic nitrogens is 1. The fraction of sp³-hybridized carbons (Fsp3) is 0.0714. The molecule has 1 aliphatic heterocycles.